The lowest BCUT2D eigenvalue weighted by molar-refractivity contribution is 0.412. The van der Waals surface area contributed by atoms with E-state index in [1.54, 1.807) is 25.1 Å². The van der Waals surface area contributed by atoms with E-state index in [1.165, 1.54) is 5.56 Å². The van der Waals surface area contributed by atoms with Crippen LogP contribution in [0.25, 0.3) is 0 Å². The largest absolute Gasteiger partial charge is 0.497 e. The number of ether oxygens (including phenoxy) is 2. The van der Waals surface area contributed by atoms with Crippen molar-refractivity contribution in [3.8, 4) is 11.5 Å². The van der Waals surface area contributed by atoms with Gasteiger partial charge in [-0.1, -0.05) is 47.7 Å². The van der Waals surface area contributed by atoms with Crippen molar-refractivity contribution >= 4 is 22.5 Å². The first kappa shape index (κ1) is 19.8. The lowest BCUT2D eigenvalue weighted by atomic mass is 10.2. The maximum Gasteiger partial charge on any atom is 0.126 e. The number of nitrogens with zero attached hydrogens (tertiary/aromatic N) is 1. The van der Waals surface area contributed by atoms with Crippen LogP contribution in [0.15, 0.2) is 101 Å². The first-order valence-electron chi connectivity index (χ1n) is 9.00. The molecule has 0 fully saturated rings. The minimum Gasteiger partial charge on any atom is -0.497 e. The fourth-order valence-electron chi connectivity index (χ4n) is 2.39. The molecule has 0 bridgehead atoms. The quantitative estimate of drug-likeness (QED) is 0.201. The molecular weight excluding hydrogens is 366 g/mol. The van der Waals surface area contributed by atoms with Gasteiger partial charge in [0.05, 0.1) is 19.1 Å². The van der Waals surface area contributed by atoms with Crippen LogP contribution >= 0.6 is 11.8 Å². The summed E-state index contributed by atoms with van der Waals surface area (Å²) in [7, 11) is 1.65. The number of thioether (sulfide) groups is 1. The number of rotatable bonds is 6. The molecule has 3 rings (SSSR count). The second kappa shape index (κ2) is 9.81. The third kappa shape index (κ3) is 5.76. The van der Waals surface area contributed by atoms with Crippen molar-refractivity contribution in [2.75, 3.05) is 7.11 Å². The standard InChI is InChI=1S/C24H23NO2S/c1-18-9-11-20(12-10-18)25-24(28-23-7-5-4-6-8-23)19(2)17-27-22-15-13-21(26-3)14-16-22/h4-17H,1-3H3/b19-17+,25-24?. The average Bonchev–Trinajstić information content (AvgIpc) is 2.74. The van der Waals surface area contributed by atoms with Crippen molar-refractivity contribution in [2.24, 2.45) is 4.99 Å². The molecule has 0 radical (unpaired) electrons. The molecule has 0 saturated heterocycles. The molecular formula is C24H23NO2S. The molecule has 0 spiro atoms. The van der Waals surface area contributed by atoms with Gasteiger partial charge in [0.1, 0.15) is 16.5 Å². The molecule has 0 aliphatic carbocycles. The minimum atomic E-state index is 0.750. The fraction of sp³-hybridized carbons (Fsp3) is 0.125. The van der Waals surface area contributed by atoms with Gasteiger partial charge in [-0.15, -0.1) is 0 Å². The number of hydrogen-bond donors (Lipinski definition) is 0. The smallest absolute Gasteiger partial charge is 0.126 e. The van der Waals surface area contributed by atoms with Crippen molar-refractivity contribution in [2.45, 2.75) is 18.7 Å². The summed E-state index contributed by atoms with van der Waals surface area (Å²) in [5.41, 5.74) is 3.08. The molecule has 0 saturated carbocycles. The third-order valence-corrected chi connectivity index (χ3v) is 5.11. The summed E-state index contributed by atoms with van der Waals surface area (Å²) in [6, 6.07) is 25.9. The maximum atomic E-state index is 5.83. The van der Waals surface area contributed by atoms with Gasteiger partial charge in [-0.2, -0.15) is 0 Å². The molecule has 3 aromatic rings. The number of methoxy groups -OCH3 is 1. The van der Waals surface area contributed by atoms with Crippen molar-refractivity contribution in [3.63, 3.8) is 0 Å². The maximum absolute atomic E-state index is 5.83. The van der Waals surface area contributed by atoms with Crippen LogP contribution in [-0.4, -0.2) is 12.2 Å². The molecule has 28 heavy (non-hydrogen) atoms. The summed E-state index contributed by atoms with van der Waals surface area (Å²) >= 11 is 1.62. The normalized spacial score (nSPS) is 12.0. The Morgan fingerprint density at radius 1 is 0.857 bits per heavy atom. The van der Waals surface area contributed by atoms with Gasteiger partial charge in [-0.05, 0) is 62.4 Å². The molecule has 0 aliphatic rings. The first-order chi connectivity index (χ1) is 13.6. The number of hydrogen-bond acceptors (Lipinski definition) is 4. The zero-order valence-electron chi connectivity index (χ0n) is 16.3. The second-order valence-corrected chi connectivity index (χ2v) is 7.32. The van der Waals surface area contributed by atoms with E-state index in [0.29, 0.717) is 0 Å². The fourth-order valence-corrected chi connectivity index (χ4v) is 3.27. The first-order valence-corrected chi connectivity index (χ1v) is 9.82. The Bertz CT molecular complexity index is 946. The summed E-state index contributed by atoms with van der Waals surface area (Å²) in [6.45, 7) is 4.08. The summed E-state index contributed by atoms with van der Waals surface area (Å²) < 4.78 is 11.0. The predicted molar refractivity (Wildman–Crippen MR) is 118 cm³/mol. The second-order valence-electron chi connectivity index (χ2n) is 6.26. The molecule has 142 valence electrons. The summed E-state index contributed by atoms with van der Waals surface area (Å²) in [5, 5.41) is 0.892. The molecule has 0 aliphatic heterocycles. The van der Waals surface area contributed by atoms with E-state index in [2.05, 4.69) is 31.2 Å². The number of benzene rings is 3. The predicted octanol–water partition coefficient (Wildman–Crippen LogP) is 6.81. The van der Waals surface area contributed by atoms with Crippen molar-refractivity contribution in [3.05, 3.63) is 96.3 Å². The lowest BCUT2D eigenvalue weighted by Gasteiger charge is -2.09. The van der Waals surface area contributed by atoms with Gasteiger partial charge in [0.15, 0.2) is 0 Å². The van der Waals surface area contributed by atoms with E-state index in [0.717, 1.165) is 32.7 Å². The van der Waals surface area contributed by atoms with Crippen LogP contribution in [0.4, 0.5) is 5.69 Å². The summed E-state index contributed by atoms with van der Waals surface area (Å²) in [5.74, 6) is 1.55. The van der Waals surface area contributed by atoms with Crippen LogP contribution in [0.3, 0.4) is 0 Å². The van der Waals surface area contributed by atoms with Crippen LogP contribution in [0.2, 0.25) is 0 Å². The minimum absolute atomic E-state index is 0.750. The highest BCUT2D eigenvalue weighted by atomic mass is 32.2. The monoisotopic (exact) mass is 389 g/mol. The Balaban J connectivity index is 1.84. The van der Waals surface area contributed by atoms with Crippen LogP contribution < -0.4 is 9.47 Å². The number of aryl methyl sites for hydroxylation is 1. The van der Waals surface area contributed by atoms with Crippen molar-refractivity contribution in [1.82, 2.24) is 0 Å². The molecule has 0 N–H and O–H groups in total. The highest BCUT2D eigenvalue weighted by molar-refractivity contribution is 8.14. The Hall–Kier alpha value is -2.98. The van der Waals surface area contributed by atoms with Gasteiger partial charge in [0.2, 0.25) is 0 Å². The highest BCUT2D eigenvalue weighted by Gasteiger charge is 2.07. The molecule has 0 atom stereocenters. The van der Waals surface area contributed by atoms with Gasteiger partial charge in [-0.3, -0.25) is 0 Å². The topological polar surface area (TPSA) is 30.8 Å². The lowest BCUT2D eigenvalue weighted by Crippen LogP contribution is -1.97. The van der Waals surface area contributed by atoms with Crippen molar-refractivity contribution < 1.29 is 9.47 Å². The average molecular weight is 390 g/mol. The Morgan fingerprint density at radius 3 is 2.14 bits per heavy atom. The van der Waals surface area contributed by atoms with Gasteiger partial charge >= 0.3 is 0 Å². The van der Waals surface area contributed by atoms with E-state index in [1.807, 2.05) is 61.5 Å². The van der Waals surface area contributed by atoms with Crippen LogP contribution in [0.1, 0.15) is 12.5 Å². The van der Waals surface area contributed by atoms with Gasteiger partial charge in [-0.25, -0.2) is 4.99 Å². The SMILES string of the molecule is COc1ccc(O/C=C(\C)C(=Nc2ccc(C)cc2)Sc2ccccc2)cc1. The van der Waals surface area contributed by atoms with E-state index in [9.17, 15) is 0 Å². The van der Waals surface area contributed by atoms with E-state index in [4.69, 9.17) is 14.5 Å². The zero-order valence-corrected chi connectivity index (χ0v) is 17.1. The summed E-state index contributed by atoms with van der Waals surface area (Å²) in [4.78, 5) is 5.98. The Labute approximate surface area is 170 Å². The zero-order chi connectivity index (χ0) is 19.8. The molecule has 0 aromatic heterocycles. The van der Waals surface area contributed by atoms with E-state index >= 15 is 0 Å². The Kier molecular flexibility index (Phi) is 6.93. The Morgan fingerprint density at radius 2 is 1.50 bits per heavy atom. The summed E-state index contributed by atoms with van der Waals surface area (Å²) in [6.07, 6.45) is 1.74. The molecule has 3 nitrogen and oxygen atoms in total. The van der Waals surface area contributed by atoms with Crippen LogP contribution in [0, 0.1) is 6.92 Å². The van der Waals surface area contributed by atoms with E-state index < -0.39 is 0 Å². The molecule has 0 amide bonds. The van der Waals surface area contributed by atoms with Gasteiger partial charge in [0, 0.05) is 10.5 Å². The highest BCUT2D eigenvalue weighted by Crippen LogP contribution is 2.27. The third-order valence-electron chi connectivity index (χ3n) is 3.99. The van der Waals surface area contributed by atoms with Gasteiger partial charge in [0.25, 0.3) is 0 Å². The molecule has 0 unspecified atom stereocenters. The molecule has 3 aromatic carbocycles. The van der Waals surface area contributed by atoms with E-state index in [-0.39, 0.29) is 0 Å². The van der Waals surface area contributed by atoms with Crippen LogP contribution in [0.5, 0.6) is 11.5 Å². The van der Waals surface area contributed by atoms with Gasteiger partial charge < -0.3 is 9.47 Å². The van der Waals surface area contributed by atoms with Crippen LogP contribution in [-0.2, 0) is 0 Å². The van der Waals surface area contributed by atoms with Crippen molar-refractivity contribution in [1.29, 1.82) is 0 Å². The molecule has 4 heteroatoms. The molecule has 0 heterocycles. The number of aliphatic imine (C=N–C) groups is 1.